The molecule has 0 N–H and O–H groups in total. The molecule has 28 heavy (non-hydrogen) atoms. The Kier molecular flexibility index (Phi) is 4.65. The number of allylic oxidation sites excluding steroid dienone is 1. The van der Waals surface area contributed by atoms with E-state index in [2.05, 4.69) is 6.07 Å². The number of esters is 1. The van der Waals surface area contributed by atoms with Crippen molar-refractivity contribution in [2.24, 2.45) is 0 Å². The highest BCUT2D eigenvalue weighted by atomic mass is 16.6. The molecule has 6 heteroatoms. The highest BCUT2D eigenvalue weighted by molar-refractivity contribution is 5.85. The zero-order valence-electron chi connectivity index (χ0n) is 14.8. The number of hydrogen-bond donors (Lipinski definition) is 0. The van der Waals surface area contributed by atoms with E-state index >= 15 is 0 Å². The molecule has 2 atom stereocenters. The van der Waals surface area contributed by atoms with Crippen LogP contribution in [0.1, 0.15) is 22.7 Å². The Morgan fingerprint density at radius 1 is 1.14 bits per heavy atom. The van der Waals surface area contributed by atoms with Gasteiger partial charge in [-0.3, -0.25) is 4.90 Å². The van der Waals surface area contributed by atoms with E-state index in [1.54, 1.807) is 12.2 Å². The van der Waals surface area contributed by atoms with Gasteiger partial charge in [-0.25, -0.2) is 9.59 Å². The van der Waals surface area contributed by atoms with Gasteiger partial charge in [0, 0.05) is 6.08 Å². The molecule has 0 fully saturated rings. The second kappa shape index (κ2) is 7.41. The Labute approximate surface area is 161 Å². The lowest BCUT2D eigenvalue weighted by Gasteiger charge is -2.36. The number of carbonyl (C=O) groups is 2. The number of nitrogens with zero attached hydrogens (tertiary/aromatic N) is 2. The fraction of sp³-hybridized carbons (Fsp3) is 0.136. The maximum absolute atomic E-state index is 12.9. The van der Waals surface area contributed by atoms with E-state index in [9.17, 15) is 14.9 Å². The lowest BCUT2D eigenvalue weighted by molar-refractivity contribution is -0.140. The van der Waals surface area contributed by atoms with Crippen LogP contribution in [0, 0.1) is 11.3 Å². The molecule has 2 aromatic rings. The molecular weight excluding hydrogens is 356 g/mol. The number of fused-ring (bicyclic) bond motifs is 1. The van der Waals surface area contributed by atoms with E-state index in [1.807, 2.05) is 54.6 Å². The van der Waals surface area contributed by atoms with Gasteiger partial charge >= 0.3 is 12.1 Å². The Morgan fingerprint density at radius 3 is 2.61 bits per heavy atom. The van der Waals surface area contributed by atoms with Gasteiger partial charge in [0.05, 0.1) is 0 Å². The van der Waals surface area contributed by atoms with E-state index in [4.69, 9.17) is 9.47 Å². The van der Waals surface area contributed by atoms with Crippen molar-refractivity contribution in [1.29, 1.82) is 5.26 Å². The first kappa shape index (κ1) is 17.6. The molecule has 4 rings (SSSR count). The molecule has 1 amide bonds. The quantitative estimate of drug-likeness (QED) is 0.767. The standard InChI is InChI=1S/C22H16N2O4/c23-13-17-12-16-8-4-5-9-18(16)21(19-10-11-20(25)28-19)24(17)22(26)27-14-15-6-2-1-3-7-15/h1-12,19,21H,14H2/t19-,21-/m1/s1. The van der Waals surface area contributed by atoms with Crippen LogP contribution >= 0.6 is 0 Å². The van der Waals surface area contributed by atoms with Gasteiger partial charge in [0.1, 0.15) is 30.5 Å². The zero-order chi connectivity index (χ0) is 19.5. The average molecular weight is 372 g/mol. The van der Waals surface area contributed by atoms with E-state index < -0.39 is 24.2 Å². The van der Waals surface area contributed by atoms with Crippen LogP contribution in [0.15, 0.2) is 72.4 Å². The molecule has 0 aliphatic carbocycles. The molecule has 0 unspecified atom stereocenters. The first-order valence-electron chi connectivity index (χ1n) is 8.77. The number of nitriles is 1. The first-order valence-corrected chi connectivity index (χ1v) is 8.77. The minimum absolute atomic E-state index is 0.0730. The molecule has 0 saturated heterocycles. The van der Waals surface area contributed by atoms with E-state index in [0.29, 0.717) is 0 Å². The van der Waals surface area contributed by atoms with Crippen molar-refractivity contribution in [2.75, 3.05) is 0 Å². The normalized spacial score (nSPS) is 20.0. The third-order valence-electron chi connectivity index (χ3n) is 4.65. The minimum atomic E-state index is -0.699. The SMILES string of the molecule is N#CC1=Cc2ccccc2[C@H]([C@H]2C=CC(=O)O2)N1C(=O)OCc1ccccc1. The summed E-state index contributed by atoms with van der Waals surface area (Å²) in [4.78, 5) is 25.8. The largest absolute Gasteiger partial charge is 0.452 e. The molecule has 2 heterocycles. The number of carbonyl (C=O) groups excluding carboxylic acids is 2. The van der Waals surface area contributed by atoms with Gasteiger partial charge in [-0.1, -0.05) is 54.6 Å². The van der Waals surface area contributed by atoms with E-state index in [1.165, 1.54) is 11.0 Å². The second-order valence-electron chi connectivity index (χ2n) is 6.39. The zero-order valence-corrected chi connectivity index (χ0v) is 14.8. The summed E-state index contributed by atoms with van der Waals surface area (Å²) in [6.45, 7) is 0.0730. The second-order valence-corrected chi connectivity index (χ2v) is 6.39. The summed E-state index contributed by atoms with van der Waals surface area (Å²) in [5.74, 6) is -0.479. The Balaban J connectivity index is 1.68. The molecule has 2 aliphatic rings. The Bertz CT molecular complexity index is 1020. The summed E-state index contributed by atoms with van der Waals surface area (Å²) in [6.07, 6.45) is 3.19. The predicted molar refractivity (Wildman–Crippen MR) is 100 cm³/mol. The summed E-state index contributed by atoms with van der Waals surface area (Å²) in [5, 5.41) is 9.64. The topological polar surface area (TPSA) is 79.6 Å². The number of amides is 1. The van der Waals surface area contributed by atoms with Crippen LogP contribution in [0.5, 0.6) is 0 Å². The molecule has 0 spiro atoms. The average Bonchev–Trinajstić information content (AvgIpc) is 3.17. The lowest BCUT2D eigenvalue weighted by Crippen LogP contribution is -2.42. The van der Waals surface area contributed by atoms with E-state index in [-0.39, 0.29) is 12.3 Å². The van der Waals surface area contributed by atoms with E-state index in [0.717, 1.165) is 16.7 Å². The van der Waals surface area contributed by atoms with Crippen molar-refractivity contribution in [1.82, 2.24) is 4.90 Å². The third kappa shape index (κ3) is 3.26. The van der Waals surface area contributed by atoms with Crippen molar-refractivity contribution >= 4 is 18.1 Å². The number of rotatable bonds is 3. The maximum Gasteiger partial charge on any atom is 0.415 e. The third-order valence-corrected chi connectivity index (χ3v) is 4.65. The van der Waals surface area contributed by atoms with Gasteiger partial charge in [-0.15, -0.1) is 0 Å². The van der Waals surface area contributed by atoms with Crippen molar-refractivity contribution in [3.05, 3.63) is 89.1 Å². The summed E-state index contributed by atoms with van der Waals surface area (Å²) >= 11 is 0. The Hall–Kier alpha value is -3.85. The van der Waals surface area contributed by atoms with Crippen LogP contribution in [-0.2, 0) is 20.9 Å². The summed E-state index contributed by atoms with van der Waals surface area (Å²) in [5.41, 5.74) is 2.55. The van der Waals surface area contributed by atoms with Gasteiger partial charge < -0.3 is 9.47 Å². The monoisotopic (exact) mass is 372 g/mol. The summed E-state index contributed by atoms with van der Waals surface area (Å²) in [6, 6.07) is 18.0. The molecule has 138 valence electrons. The van der Waals surface area contributed by atoms with Crippen molar-refractivity contribution < 1.29 is 19.1 Å². The van der Waals surface area contributed by atoms with Crippen LogP contribution in [0.2, 0.25) is 0 Å². The van der Waals surface area contributed by atoms with Crippen LogP contribution in [0.25, 0.3) is 6.08 Å². The van der Waals surface area contributed by atoms with Crippen molar-refractivity contribution in [3.8, 4) is 6.07 Å². The fourth-order valence-corrected chi connectivity index (χ4v) is 3.38. The molecular formula is C22H16N2O4. The van der Waals surface area contributed by atoms with Crippen LogP contribution < -0.4 is 0 Å². The van der Waals surface area contributed by atoms with Gasteiger partial charge in [-0.05, 0) is 28.8 Å². The minimum Gasteiger partial charge on any atom is -0.452 e. The molecule has 0 bridgehead atoms. The number of benzene rings is 2. The van der Waals surface area contributed by atoms with Gasteiger partial charge in [0.2, 0.25) is 0 Å². The highest BCUT2D eigenvalue weighted by Gasteiger charge is 2.41. The molecule has 2 aromatic carbocycles. The van der Waals surface area contributed by atoms with Crippen LogP contribution in [0.4, 0.5) is 4.79 Å². The predicted octanol–water partition coefficient (Wildman–Crippen LogP) is 3.73. The van der Waals surface area contributed by atoms with Gasteiger partial charge in [0.25, 0.3) is 0 Å². The first-order chi connectivity index (χ1) is 13.7. The molecule has 0 radical (unpaired) electrons. The van der Waals surface area contributed by atoms with Gasteiger partial charge in [0.15, 0.2) is 0 Å². The highest BCUT2D eigenvalue weighted by Crippen LogP contribution is 2.39. The van der Waals surface area contributed by atoms with Crippen LogP contribution in [-0.4, -0.2) is 23.1 Å². The smallest absolute Gasteiger partial charge is 0.415 e. The number of hydrogen-bond acceptors (Lipinski definition) is 5. The molecule has 0 aromatic heterocycles. The molecule has 0 saturated carbocycles. The summed E-state index contributed by atoms with van der Waals surface area (Å²) in [7, 11) is 0. The lowest BCUT2D eigenvalue weighted by atomic mass is 9.91. The van der Waals surface area contributed by atoms with Crippen molar-refractivity contribution in [2.45, 2.75) is 18.8 Å². The summed E-state index contributed by atoms with van der Waals surface area (Å²) < 4.78 is 10.8. The molecule has 6 nitrogen and oxygen atoms in total. The van der Waals surface area contributed by atoms with Crippen LogP contribution in [0.3, 0.4) is 0 Å². The Morgan fingerprint density at radius 2 is 1.89 bits per heavy atom. The van der Waals surface area contributed by atoms with Gasteiger partial charge in [-0.2, -0.15) is 5.26 Å². The molecule has 2 aliphatic heterocycles. The number of cyclic esters (lactones) is 1. The maximum atomic E-state index is 12.9. The van der Waals surface area contributed by atoms with Crippen molar-refractivity contribution in [3.63, 3.8) is 0 Å². The fourth-order valence-electron chi connectivity index (χ4n) is 3.38. The number of ether oxygens (including phenoxy) is 2.